The number of ketones is 1. The van der Waals surface area contributed by atoms with E-state index in [-0.39, 0.29) is 42.6 Å². The molecule has 0 unspecified atom stereocenters. The van der Waals surface area contributed by atoms with E-state index in [4.69, 9.17) is 21.0 Å². The van der Waals surface area contributed by atoms with Crippen LogP contribution in [-0.4, -0.2) is 50.3 Å². The van der Waals surface area contributed by atoms with Gasteiger partial charge in [0.1, 0.15) is 23.7 Å². The largest absolute Gasteiger partial charge is 0.481 e. The molecule has 5 N–H and O–H groups in total. The van der Waals surface area contributed by atoms with Gasteiger partial charge in [0.15, 0.2) is 5.78 Å². The highest BCUT2D eigenvalue weighted by Gasteiger charge is 2.22. The van der Waals surface area contributed by atoms with E-state index in [0.717, 1.165) is 16.0 Å². The average Bonchev–Trinajstić information content (AvgIpc) is 3.23. The number of anilines is 1. The standard InChI is InChI=1S/C27H26N6O5/c1-16-25(22(34)9-4-17-2-5-18(6-3-17)26(28)29)20-14-19(7-8-21(20)32-16)38-27(37)33(13-11-24(35)36)23-10-12-30-15-31-23/h2-3,5-8,10,12,14-15,32H,4,9,11,13H2,1H3,(H3,28,29)(H,35,36). The number of hydrogen-bond donors (Lipinski definition) is 4. The Hall–Kier alpha value is -5.06. The van der Waals surface area contributed by atoms with E-state index in [1.165, 1.54) is 18.6 Å². The van der Waals surface area contributed by atoms with Crippen molar-refractivity contribution in [3.8, 4) is 5.75 Å². The summed E-state index contributed by atoms with van der Waals surface area (Å²) < 4.78 is 5.56. The van der Waals surface area contributed by atoms with E-state index < -0.39 is 12.1 Å². The van der Waals surface area contributed by atoms with Crippen LogP contribution in [0.25, 0.3) is 10.9 Å². The number of benzene rings is 2. The lowest BCUT2D eigenvalue weighted by Crippen LogP contribution is -2.36. The summed E-state index contributed by atoms with van der Waals surface area (Å²) in [6, 6.07) is 13.6. The van der Waals surface area contributed by atoms with Crippen LogP contribution in [0.5, 0.6) is 5.75 Å². The Morgan fingerprint density at radius 1 is 1.11 bits per heavy atom. The van der Waals surface area contributed by atoms with Crippen molar-refractivity contribution in [2.45, 2.75) is 26.2 Å². The van der Waals surface area contributed by atoms with E-state index in [0.29, 0.717) is 28.6 Å². The van der Waals surface area contributed by atoms with Crippen molar-refractivity contribution in [2.24, 2.45) is 5.73 Å². The molecule has 0 aliphatic heterocycles. The topological polar surface area (TPSA) is 175 Å². The van der Waals surface area contributed by atoms with Crippen molar-refractivity contribution in [3.63, 3.8) is 0 Å². The summed E-state index contributed by atoms with van der Waals surface area (Å²) in [5.74, 6) is -0.752. The Balaban J connectivity index is 1.53. The first-order chi connectivity index (χ1) is 18.2. The van der Waals surface area contributed by atoms with E-state index in [1.807, 2.05) is 19.1 Å². The number of nitrogen functional groups attached to an aromatic ring is 1. The summed E-state index contributed by atoms with van der Waals surface area (Å²) >= 11 is 0. The molecule has 194 valence electrons. The van der Waals surface area contributed by atoms with Crippen LogP contribution in [0.3, 0.4) is 0 Å². The van der Waals surface area contributed by atoms with Crippen LogP contribution in [-0.2, 0) is 11.2 Å². The summed E-state index contributed by atoms with van der Waals surface area (Å²) in [5.41, 5.74) is 8.99. The molecule has 4 rings (SSSR count). The minimum absolute atomic E-state index is 0.0133. The predicted molar refractivity (Wildman–Crippen MR) is 141 cm³/mol. The predicted octanol–water partition coefficient (Wildman–Crippen LogP) is 3.85. The van der Waals surface area contributed by atoms with Crippen molar-refractivity contribution in [1.29, 1.82) is 5.41 Å². The zero-order valence-electron chi connectivity index (χ0n) is 20.6. The van der Waals surface area contributed by atoms with Crippen molar-refractivity contribution in [1.82, 2.24) is 15.0 Å². The molecule has 1 amide bonds. The minimum Gasteiger partial charge on any atom is -0.481 e. The summed E-state index contributed by atoms with van der Waals surface area (Å²) in [7, 11) is 0. The molecule has 38 heavy (non-hydrogen) atoms. The minimum atomic E-state index is -1.07. The second kappa shape index (κ2) is 11.3. The Labute approximate surface area is 217 Å². The second-order valence-corrected chi connectivity index (χ2v) is 8.60. The number of amidine groups is 1. The number of rotatable bonds is 10. The van der Waals surface area contributed by atoms with Crippen LogP contribution in [0.15, 0.2) is 61.1 Å². The molecule has 0 spiro atoms. The molecule has 2 aromatic heterocycles. The number of H-pyrrole nitrogens is 1. The number of carbonyl (C=O) groups excluding carboxylic acids is 2. The Kier molecular flexibility index (Phi) is 7.76. The lowest BCUT2D eigenvalue weighted by molar-refractivity contribution is -0.136. The highest BCUT2D eigenvalue weighted by Crippen LogP contribution is 2.28. The fourth-order valence-corrected chi connectivity index (χ4v) is 4.07. The maximum absolute atomic E-state index is 13.2. The van der Waals surface area contributed by atoms with E-state index in [2.05, 4.69) is 15.0 Å². The fraction of sp³-hybridized carbons (Fsp3) is 0.185. The van der Waals surface area contributed by atoms with Crippen LogP contribution in [0.4, 0.5) is 10.6 Å². The molecule has 11 nitrogen and oxygen atoms in total. The normalized spacial score (nSPS) is 10.8. The number of Topliss-reactive ketones (excluding diaryl/α,β-unsaturated/α-hetero) is 1. The van der Waals surface area contributed by atoms with Crippen LogP contribution in [0.1, 0.15) is 40.0 Å². The van der Waals surface area contributed by atoms with Gasteiger partial charge in [-0.05, 0) is 43.2 Å². The maximum atomic E-state index is 13.2. The number of nitrogens with two attached hydrogens (primary N) is 1. The molecule has 2 heterocycles. The Bertz CT molecular complexity index is 1500. The van der Waals surface area contributed by atoms with E-state index in [1.54, 1.807) is 30.3 Å². The van der Waals surface area contributed by atoms with Gasteiger partial charge in [-0.1, -0.05) is 24.3 Å². The van der Waals surface area contributed by atoms with Gasteiger partial charge in [0.25, 0.3) is 0 Å². The molecule has 0 saturated carbocycles. The van der Waals surface area contributed by atoms with Crippen LogP contribution in [0, 0.1) is 12.3 Å². The second-order valence-electron chi connectivity index (χ2n) is 8.60. The first-order valence-electron chi connectivity index (χ1n) is 11.8. The maximum Gasteiger partial charge on any atom is 0.420 e. The van der Waals surface area contributed by atoms with Gasteiger partial charge >= 0.3 is 12.1 Å². The van der Waals surface area contributed by atoms with Gasteiger partial charge in [0, 0.05) is 46.9 Å². The number of hydrogen-bond acceptors (Lipinski definition) is 7. The number of amides is 1. The van der Waals surface area contributed by atoms with Crippen LogP contribution >= 0.6 is 0 Å². The lowest BCUT2D eigenvalue weighted by Gasteiger charge is -2.20. The van der Waals surface area contributed by atoms with Gasteiger partial charge in [-0.3, -0.25) is 19.9 Å². The van der Waals surface area contributed by atoms with Gasteiger partial charge in [-0.2, -0.15) is 0 Å². The highest BCUT2D eigenvalue weighted by molar-refractivity contribution is 6.09. The Morgan fingerprint density at radius 3 is 2.53 bits per heavy atom. The summed E-state index contributed by atoms with van der Waals surface area (Å²) in [5, 5.41) is 17.2. The quantitative estimate of drug-likeness (QED) is 0.140. The third-order valence-electron chi connectivity index (χ3n) is 5.96. The van der Waals surface area contributed by atoms with Gasteiger partial charge < -0.3 is 20.6 Å². The fourth-order valence-electron chi connectivity index (χ4n) is 4.07. The number of aryl methyl sites for hydroxylation is 2. The van der Waals surface area contributed by atoms with Crippen molar-refractivity contribution in [2.75, 3.05) is 11.4 Å². The number of fused-ring (bicyclic) bond motifs is 1. The van der Waals surface area contributed by atoms with Crippen LogP contribution < -0.4 is 15.4 Å². The number of aromatic amines is 1. The van der Waals surface area contributed by atoms with Gasteiger partial charge in [0.05, 0.1) is 6.42 Å². The number of ether oxygens (including phenoxy) is 1. The van der Waals surface area contributed by atoms with Crippen molar-refractivity contribution < 1.29 is 24.2 Å². The molecule has 11 heteroatoms. The molecular formula is C27H26N6O5. The van der Waals surface area contributed by atoms with Crippen LogP contribution in [0.2, 0.25) is 0 Å². The van der Waals surface area contributed by atoms with E-state index >= 15 is 0 Å². The third-order valence-corrected chi connectivity index (χ3v) is 5.96. The molecule has 0 atom stereocenters. The number of aromatic nitrogens is 3. The van der Waals surface area contributed by atoms with E-state index in [9.17, 15) is 14.4 Å². The smallest absolute Gasteiger partial charge is 0.420 e. The molecule has 2 aromatic carbocycles. The molecule has 0 aliphatic carbocycles. The third kappa shape index (κ3) is 6.01. The first kappa shape index (κ1) is 26.0. The summed E-state index contributed by atoms with van der Waals surface area (Å²) in [6.45, 7) is 1.66. The summed E-state index contributed by atoms with van der Waals surface area (Å²) in [4.78, 5) is 49.4. The van der Waals surface area contributed by atoms with Gasteiger partial charge in [-0.25, -0.2) is 14.8 Å². The van der Waals surface area contributed by atoms with Gasteiger partial charge in [0.2, 0.25) is 0 Å². The van der Waals surface area contributed by atoms with Crippen molar-refractivity contribution >= 4 is 40.4 Å². The Morgan fingerprint density at radius 2 is 1.87 bits per heavy atom. The molecule has 0 fully saturated rings. The molecule has 0 saturated heterocycles. The molecular weight excluding hydrogens is 488 g/mol. The summed E-state index contributed by atoms with van der Waals surface area (Å²) in [6.07, 6.45) is 2.35. The number of aliphatic carboxylic acids is 1. The number of carbonyl (C=O) groups is 3. The molecule has 4 aromatic rings. The zero-order chi connectivity index (χ0) is 27.2. The molecule has 0 aliphatic rings. The average molecular weight is 515 g/mol. The monoisotopic (exact) mass is 514 g/mol. The SMILES string of the molecule is Cc1[nH]c2ccc(OC(=O)N(CCC(=O)O)c3ccncn3)cc2c1C(=O)CCc1ccc(C(=N)N)cc1. The number of nitrogens with one attached hydrogen (secondary N) is 2. The molecule has 0 bridgehead atoms. The lowest BCUT2D eigenvalue weighted by atomic mass is 9.99. The highest BCUT2D eigenvalue weighted by atomic mass is 16.6. The number of carboxylic acids is 1. The number of nitrogens with zero attached hydrogens (tertiary/aromatic N) is 3. The zero-order valence-corrected chi connectivity index (χ0v) is 20.6. The van der Waals surface area contributed by atoms with Gasteiger partial charge in [-0.15, -0.1) is 0 Å². The number of carboxylic acid groups (broad SMARTS) is 1. The first-order valence-corrected chi connectivity index (χ1v) is 11.8. The van der Waals surface area contributed by atoms with Crippen molar-refractivity contribution in [3.05, 3.63) is 83.4 Å². The molecule has 0 radical (unpaired) electrons.